The lowest BCUT2D eigenvalue weighted by atomic mass is 10.1. The average Bonchev–Trinajstić information content (AvgIpc) is 3.23. The molecule has 0 fully saturated rings. The summed E-state index contributed by atoms with van der Waals surface area (Å²) in [4.78, 5) is 12.3. The Balaban J connectivity index is 1.50. The molecule has 0 spiro atoms. The number of aliphatic hydroxyl groups excluding tert-OH is 1. The van der Waals surface area contributed by atoms with Crippen molar-refractivity contribution in [1.29, 1.82) is 0 Å². The van der Waals surface area contributed by atoms with Crippen molar-refractivity contribution in [2.24, 2.45) is 7.05 Å². The number of aromatic nitrogens is 3. The summed E-state index contributed by atoms with van der Waals surface area (Å²) in [6, 6.07) is 13.1. The van der Waals surface area contributed by atoms with Crippen LogP contribution in [0.3, 0.4) is 0 Å². The van der Waals surface area contributed by atoms with Crippen molar-refractivity contribution in [3.63, 3.8) is 0 Å². The van der Waals surface area contributed by atoms with Crippen LogP contribution in [0.2, 0.25) is 0 Å². The number of carbonyl (C=O) groups is 1. The van der Waals surface area contributed by atoms with Gasteiger partial charge in [0.25, 0.3) is 5.91 Å². The van der Waals surface area contributed by atoms with Gasteiger partial charge in [-0.2, -0.15) is 8.75 Å². The molecular formula is C18H16N4O2S. The Bertz CT molecular complexity index is 1070. The largest absolute Gasteiger partial charge is 0.386 e. The second-order valence-corrected chi connectivity index (χ2v) is 6.43. The monoisotopic (exact) mass is 352 g/mol. The predicted octanol–water partition coefficient (Wildman–Crippen LogP) is 2.65. The van der Waals surface area contributed by atoms with E-state index in [1.807, 2.05) is 42.1 Å². The molecule has 126 valence electrons. The number of nitrogens with one attached hydrogen (secondary N) is 1. The number of hydrogen-bond donors (Lipinski definition) is 2. The second kappa shape index (κ2) is 6.27. The minimum Gasteiger partial charge on any atom is -0.386 e. The Morgan fingerprint density at radius 1 is 1.24 bits per heavy atom. The molecule has 1 amide bonds. The van der Waals surface area contributed by atoms with Gasteiger partial charge in [0, 0.05) is 41.8 Å². The molecule has 0 radical (unpaired) electrons. The fourth-order valence-electron chi connectivity index (χ4n) is 2.96. The van der Waals surface area contributed by atoms with Crippen molar-refractivity contribution in [2.75, 3.05) is 6.54 Å². The number of rotatable bonds is 4. The summed E-state index contributed by atoms with van der Waals surface area (Å²) in [6.45, 7) is 0.139. The number of benzene rings is 2. The van der Waals surface area contributed by atoms with Crippen LogP contribution in [-0.4, -0.2) is 30.9 Å². The highest BCUT2D eigenvalue weighted by Crippen LogP contribution is 2.25. The van der Waals surface area contributed by atoms with Crippen molar-refractivity contribution < 1.29 is 9.90 Å². The molecule has 4 aromatic rings. The third-order valence-electron chi connectivity index (χ3n) is 4.26. The summed E-state index contributed by atoms with van der Waals surface area (Å²) < 4.78 is 10.2. The van der Waals surface area contributed by atoms with Gasteiger partial charge in [0.05, 0.1) is 17.8 Å². The van der Waals surface area contributed by atoms with Crippen LogP contribution in [0.5, 0.6) is 0 Å². The van der Waals surface area contributed by atoms with Gasteiger partial charge in [-0.15, -0.1) is 0 Å². The van der Waals surface area contributed by atoms with E-state index in [2.05, 4.69) is 14.1 Å². The lowest BCUT2D eigenvalue weighted by Crippen LogP contribution is -2.28. The van der Waals surface area contributed by atoms with E-state index < -0.39 is 6.10 Å². The molecule has 0 saturated heterocycles. The van der Waals surface area contributed by atoms with Gasteiger partial charge >= 0.3 is 0 Å². The topological polar surface area (TPSA) is 80.0 Å². The van der Waals surface area contributed by atoms with E-state index in [-0.39, 0.29) is 12.5 Å². The first-order chi connectivity index (χ1) is 12.1. The van der Waals surface area contributed by atoms with Crippen LogP contribution >= 0.6 is 11.7 Å². The van der Waals surface area contributed by atoms with Gasteiger partial charge in [-0.25, -0.2) is 0 Å². The summed E-state index contributed by atoms with van der Waals surface area (Å²) in [5.74, 6) is -0.241. The summed E-state index contributed by atoms with van der Waals surface area (Å²) in [7, 11) is 1.94. The first-order valence-corrected chi connectivity index (χ1v) is 8.59. The number of amides is 1. The Morgan fingerprint density at radius 3 is 2.92 bits per heavy atom. The van der Waals surface area contributed by atoms with Crippen LogP contribution < -0.4 is 5.32 Å². The van der Waals surface area contributed by atoms with E-state index in [9.17, 15) is 9.90 Å². The molecule has 2 N–H and O–H groups in total. The highest BCUT2D eigenvalue weighted by atomic mass is 32.1. The maximum atomic E-state index is 12.3. The van der Waals surface area contributed by atoms with E-state index in [0.717, 1.165) is 33.7 Å². The maximum absolute atomic E-state index is 12.3. The van der Waals surface area contributed by atoms with Crippen molar-refractivity contribution in [1.82, 2.24) is 18.6 Å². The molecule has 0 aliphatic rings. The number of carbonyl (C=O) groups excluding carboxylic acids is 1. The van der Waals surface area contributed by atoms with E-state index in [0.29, 0.717) is 11.1 Å². The van der Waals surface area contributed by atoms with Gasteiger partial charge in [-0.3, -0.25) is 4.79 Å². The second-order valence-electron chi connectivity index (χ2n) is 5.91. The van der Waals surface area contributed by atoms with Gasteiger partial charge in [0.15, 0.2) is 0 Å². The van der Waals surface area contributed by atoms with Crippen molar-refractivity contribution in [3.8, 4) is 0 Å². The molecule has 0 aliphatic carbocycles. The molecule has 2 heterocycles. The summed E-state index contributed by atoms with van der Waals surface area (Å²) >= 11 is 1.12. The molecule has 7 heteroatoms. The minimum absolute atomic E-state index is 0.139. The smallest absolute Gasteiger partial charge is 0.251 e. The Labute approximate surface area is 148 Å². The van der Waals surface area contributed by atoms with Crippen LogP contribution in [0, 0.1) is 0 Å². The number of nitrogens with zero attached hydrogens (tertiary/aromatic N) is 3. The standard InChI is InChI=1S/C18H16N4O2S/c1-22-10-13(12-4-2-3-5-16(12)22)17(23)9-19-18(24)11-6-7-14-15(8-11)21-25-20-14/h2-8,10,17,23H,9H2,1H3,(H,19,24)/t17-/m1/s1. The van der Waals surface area contributed by atoms with E-state index >= 15 is 0 Å². The van der Waals surface area contributed by atoms with Crippen LogP contribution in [0.15, 0.2) is 48.7 Å². The van der Waals surface area contributed by atoms with Gasteiger partial charge in [-0.1, -0.05) is 18.2 Å². The van der Waals surface area contributed by atoms with Crippen LogP contribution in [0.1, 0.15) is 22.0 Å². The zero-order valence-corrected chi connectivity index (χ0v) is 14.3. The Kier molecular flexibility index (Phi) is 3.95. The van der Waals surface area contributed by atoms with Crippen molar-refractivity contribution in [3.05, 3.63) is 59.8 Å². The van der Waals surface area contributed by atoms with Crippen LogP contribution in [-0.2, 0) is 7.05 Å². The van der Waals surface area contributed by atoms with Gasteiger partial charge in [0.2, 0.25) is 0 Å². The lowest BCUT2D eigenvalue weighted by Gasteiger charge is -2.11. The van der Waals surface area contributed by atoms with Gasteiger partial charge < -0.3 is 15.0 Å². The molecule has 1 atom stereocenters. The van der Waals surface area contributed by atoms with E-state index in [1.165, 1.54) is 0 Å². The normalized spacial score (nSPS) is 12.6. The van der Waals surface area contributed by atoms with Gasteiger partial charge in [0.1, 0.15) is 11.0 Å². The number of para-hydroxylation sites is 1. The molecule has 0 unspecified atom stereocenters. The first kappa shape index (κ1) is 15.7. The van der Waals surface area contributed by atoms with Crippen molar-refractivity contribution in [2.45, 2.75) is 6.10 Å². The molecule has 4 rings (SSSR count). The third-order valence-corrected chi connectivity index (χ3v) is 4.82. The van der Waals surface area contributed by atoms with Gasteiger partial charge in [-0.05, 0) is 24.3 Å². The lowest BCUT2D eigenvalue weighted by molar-refractivity contribution is 0.0917. The summed E-state index contributed by atoms with van der Waals surface area (Å²) in [6.07, 6.45) is 1.12. The van der Waals surface area contributed by atoms with E-state index in [4.69, 9.17) is 0 Å². The zero-order chi connectivity index (χ0) is 17.4. The highest BCUT2D eigenvalue weighted by Gasteiger charge is 2.16. The molecule has 6 nitrogen and oxygen atoms in total. The summed E-state index contributed by atoms with van der Waals surface area (Å²) in [5, 5.41) is 14.3. The maximum Gasteiger partial charge on any atom is 0.251 e. The molecule has 0 saturated carbocycles. The SMILES string of the molecule is Cn1cc([C@H](O)CNC(=O)c2ccc3nsnc3c2)c2ccccc21. The van der Waals surface area contributed by atoms with E-state index in [1.54, 1.807) is 18.2 Å². The van der Waals surface area contributed by atoms with Crippen LogP contribution in [0.25, 0.3) is 21.9 Å². The van der Waals surface area contributed by atoms with Crippen LogP contribution in [0.4, 0.5) is 0 Å². The fraction of sp³-hybridized carbons (Fsp3) is 0.167. The summed E-state index contributed by atoms with van der Waals surface area (Å²) in [5.41, 5.74) is 3.83. The molecule has 2 aromatic heterocycles. The number of hydrogen-bond acceptors (Lipinski definition) is 5. The number of aryl methyl sites for hydroxylation is 1. The molecule has 25 heavy (non-hydrogen) atoms. The Morgan fingerprint density at radius 2 is 2.04 bits per heavy atom. The number of aliphatic hydroxyl groups is 1. The average molecular weight is 352 g/mol. The zero-order valence-electron chi connectivity index (χ0n) is 13.5. The molecule has 0 bridgehead atoms. The highest BCUT2D eigenvalue weighted by molar-refractivity contribution is 7.00. The first-order valence-electron chi connectivity index (χ1n) is 7.86. The molecule has 2 aromatic carbocycles. The van der Waals surface area contributed by atoms with Crippen molar-refractivity contribution >= 4 is 39.6 Å². The predicted molar refractivity (Wildman–Crippen MR) is 97.6 cm³/mol. The quantitative estimate of drug-likeness (QED) is 0.592. The Hall–Kier alpha value is -2.77. The minimum atomic E-state index is -0.778. The fourth-order valence-corrected chi connectivity index (χ4v) is 3.48. The molecule has 0 aliphatic heterocycles. The third kappa shape index (κ3) is 2.88. The molecular weight excluding hydrogens is 336 g/mol. The number of fused-ring (bicyclic) bond motifs is 2.